The molecule has 1 aliphatic rings. The Morgan fingerprint density at radius 1 is 1.23 bits per heavy atom. The number of carbonyl (C=O) groups excluding carboxylic acids is 1. The van der Waals surface area contributed by atoms with Crippen LogP contribution < -0.4 is 5.32 Å². The molecule has 30 heavy (non-hydrogen) atoms. The molecular formula is C24H31N5O. The van der Waals surface area contributed by atoms with Gasteiger partial charge in [0.25, 0.3) is 0 Å². The van der Waals surface area contributed by atoms with Crippen LogP contribution in [0.2, 0.25) is 0 Å². The molecule has 0 atom stereocenters. The standard InChI is InChI=1S/C24H31N5O/c1-16-13-17(2)23-20(14-16)26-24(28-23)19-7-10-25-21(15-19)27-22(30)6-4-5-18-8-11-29(3)12-9-18/h7,10,13-15,18H,4-6,8-9,11-12H2,1-3H3,(H,26,28)(H,25,27,30). The first-order valence-electron chi connectivity index (χ1n) is 10.9. The van der Waals surface area contributed by atoms with Crippen LogP contribution in [0.3, 0.4) is 0 Å². The second-order valence-electron chi connectivity index (χ2n) is 8.68. The summed E-state index contributed by atoms with van der Waals surface area (Å²) in [5.41, 5.74) is 5.28. The van der Waals surface area contributed by atoms with Gasteiger partial charge in [0.05, 0.1) is 11.0 Å². The van der Waals surface area contributed by atoms with Gasteiger partial charge in [0.2, 0.25) is 5.91 Å². The second kappa shape index (κ2) is 8.96. The molecule has 158 valence electrons. The number of pyridine rings is 1. The van der Waals surface area contributed by atoms with Gasteiger partial charge in [-0.25, -0.2) is 9.97 Å². The number of hydrogen-bond acceptors (Lipinski definition) is 4. The molecule has 0 bridgehead atoms. The van der Waals surface area contributed by atoms with Gasteiger partial charge >= 0.3 is 0 Å². The number of benzene rings is 1. The average molecular weight is 406 g/mol. The van der Waals surface area contributed by atoms with Crippen molar-refractivity contribution in [3.05, 3.63) is 41.6 Å². The van der Waals surface area contributed by atoms with Gasteiger partial charge in [0.1, 0.15) is 11.6 Å². The Kier molecular flexibility index (Phi) is 6.13. The third-order valence-electron chi connectivity index (χ3n) is 6.08. The van der Waals surface area contributed by atoms with Gasteiger partial charge in [-0.2, -0.15) is 0 Å². The molecule has 1 aromatic carbocycles. The zero-order chi connectivity index (χ0) is 21.1. The minimum atomic E-state index is 0.0312. The maximum Gasteiger partial charge on any atom is 0.225 e. The minimum absolute atomic E-state index is 0.0312. The van der Waals surface area contributed by atoms with E-state index >= 15 is 0 Å². The fourth-order valence-corrected chi connectivity index (χ4v) is 4.36. The van der Waals surface area contributed by atoms with Crippen molar-refractivity contribution in [3.8, 4) is 11.4 Å². The number of H-pyrrole nitrogens is 1. The molecule has 3 heterocycles. The monoisotopic (exact) mass is 405 g/mol. The van der Waals surface area contributed by atoms with Crippen molar-refractivity contribution in [2.24, 2.45) is 5.92 Å². The first-order valence-corrected chi connectivity index (χ1v) is 10.9. The molecule has 0 aliphatic carbocycles. The molecule has 2 N–H and O–H groups in total. The van der Waals surface area contributed by atoms with Crippen molar-refractivity contribution >= 4 is 22.8 Å². The molecule has 6 heteroatoms. The van der Waals surface area contributed by atoms with Gasteiger partial charge in [-0.3, -0.25) is 4.79 Å². The summed E-state index contributed by atoms with van der Waals surface area (Å²) in [7, 11) is 2.18. The summed E-state index contributed by atoms with van der Waals surface area (Å²) in [4.78, 5) is 27.2. The summed E-state index contributed by atoms with van der Waals surface area (Å²) in [5.74, 6) is 2.16. The van der Waals surface area contributed by atoms with E-state index in [9.17, 15) is 4.79 Å². The van der Waals surface area contributed by atoms with Crippen molar-refractivity contribution < 1.29 is 4.79 Å². The number of nitrogens with zero attached hydrogens (tertiary/aromatic N) is 3. The number of aromatic amines is 1. The predicted molar refractivity (Wildman–Crippen MR) is 122 cm³/mol. The molecule has 3 aromatic rings. The lowest BCUT2D eigenvalue weighted by molar-refractivity contribution is -0.116. The van der Waals surface area contributed by atoms with Crippen molar-refractivity contribution in [2.75, 3.05) is 25.5 Å². The van der Waals surface area contributed by atoms with Crippen LogP contribution in [-0.2, 0) is 4.79 Å². The number of imidazole rings is 1. The highest BCUT2D eigenvalue weighted by Crippen LogP contribution is 2.25. The molecule has 0 spiro atoms. The lowest BCUT2D eigenvalue weighted by Gasteiger charge is -2.28. The molecule has 0 saturated carbocycles. The molecule has 6 nitrogen and oxygen atoms in total. The van der Waals surface area contributed by atoms with E-state index in [1.54, 1.807) is 6.20 Å². The van der Waals surface area contributed by atoms with Crippen LogP contribution in [0.4, 0.5) is 5.82 Å². The lowest BCUT2D eigenvalue weighted by Crippen LogP contribution is -2.30. The maximum absolute atomic E-state index is 12.4. The van der Waals surface area contributed by atoms with Gasteiger partial charge in [-0.15, -0.1) is 0 Å². The Morgan fingerprint density at radius 3 is 2.83 bits per heavy atom. The summed E-state index contributed by atoms with van der Waals surface area (Å²) >= 11 is 0. The highest BCUT2D eigenvalue weighted by molar-refractivity contribution is 5.90. The third kappa shape index (κ3) is 4.87. The van der Waals surface area contributed by atoms with Gasteiger partial charge < -0.3 is 15.2 Å². The van der Waals surface area contributed by atoms with Gasteiger partial charge in [-0.05, 0) is 94.9 Å². The summed E-state index contributed by atoms with van der Waals surface area (Å²) in [6.45, 7) is 6.51. The van der Waals surface area contributed by atoms with Crippen LogP contribution in [-0.4, -0.2) is 45.9 Å². The fourth-order valence-electron chi connectivity index (χ4n) is 4.36. The molecule has 1 aliphatic heterocycles. The quantitative estimate of drug-likeness (QED) is 0.624. The zero-order valence-corrected chi connectivity index (χ0v) is 18.2. The van der Waals surface area contributed by atoms with E-state index in [2.05, 4.69) is 53.2 Å². The van der Waals surface area contributed by atoms with Crippen LogP contribution in [0.1, 0.15) is 43.2 Å². The average Bonchev–Trinajstić information content (AvgIpc) is 3.14. The minimum Gasteiger partial charge on any atom is -0.338 e. The molecule has 1 amide bonds. The summed E-state index contributed by atoms with van der Waals surface area (Å²) < 4.78 is 0. The van der Waals surface area contributed by atoms with Gasteiger partial charge in [0, 0.05) is 18.2 Å². The lowest BCUT2D eigenvalue weighted by atomic mass is 9.92. The summed E-state index contributed by atoms with van der Waals surface area (Å²) in [5, 5.41) is 2.95. The number of rotatable bonds is 6. The molecule has 0 radical (unpaired) electrons. The van der Waals surface area contributed by atoms with E-state index < -0.39 is 0 Å². The van der Waals surface area contributed by atoms with Crippen molar-refractivity contribution in [2.45, 2.75) is 46.0 Å². The summed E-state index contributed by atoms with van der Waals surface area (Å²) in [6, 6.07) is 8.04. The number of aryl methyl sites for hydroxylation is 2. The third-order valence-corrected chi connectivity index (χ3v) is 6.08. The molecule has 1 fully saturated rings. The van der Waals surface area contributed by atoms with Crippen LogP contribution in [0.15, 0.2) is 30.5 Å². The van der Waals surface area contributed by atoms with E-state index in [-0.39, 0.29) is 5.91 Å². The van der Waals surface area contributed by atoms with E-state index in [4.69, 9.17) is 4.98 Å². The SMILES string of the molecule is Cc1cc(C)c2nc(-c3ccnc(NC(=O)CCCC4CCN(C)CC4)c3)[nH]c2c1. The molecular weight excluding hydrogens is 374 g/mol. The van der Waals surface area contributed by atoms with Crippen molar-refractivity contribution in [1.29, 1.82) is 0 Å². The Bertz CT molecular complexity index is 1030. The highest BCUT2D eigenvalue weighted by atomic mass is 16.1. The largest absolute Gasteiger partial charge is 0.338 e. The second-order valence-corrected chi connectivity index (χ2v) is 8.68. The zero-order valence-electron chi connectivity index (χ0n) is 18.2. The molecule has 0 unspecified atom stereocenters. The summed E-state index contributed by atoms with van der Waals surface area (Å²) in [6.07, 6.45) is 6.82. The number of carbonyl (C=O) groups is 1. The van der Waals surface area contributed by atoms with E-state index in [1.807, 2.05) is 12.1 Å². The van der Waals surface area contributed by atoms with Gasteiger partial charge in [-0.1, -0.05) is 6.07 Å². The fraction of sp³-hybridized carbons (Fsp3) is 0.458. The van der Waals surface area contributed by atoms with Crippen LogP contribution in [0.25, 0.3) is 22.4 Å². The number of amides is 1. The number of piperidine rings is 1. The maximum atomic E-state index is 12.4. The molecule has 2 aromatic heterocycles. The molecule has 1 saturated heterocycles. The number of likely N-dealkylation sites (tertiary alicyclic amines) is 1. The highest BCUT2D eigenvalue weighted by Gasteiger charge is 2.17. The normalized spacial score (nSPS) is 15.6. The predicted octanol–water partition coefficient (Wildman–Crippen LogP) is 4.69. The van der Waals surface area contributed by atoms with Crippen LogP contribution >= 0.6 is 0 Å². The van der Waals surface area contributed by atoms with Crippen LogP contribution in [0, 0.1) is 19.8 Å². The first-order chi connectivity index (χ1) is 14.5. The van der Waals surface area contributed by atoms with E-state index in [0.29, 0.717) is 12.2 Å². The van der Waals surface area contributed by atoms with Gasteiger partial charge in [0.15, 0.2) is 0 Å². The number of fused-ring (bicyclic) bond motifs is 1. The number of hydrogen-bond donors (Lipinski definition) is 2. The number of anilines is 1. The van der Waals surface area contributed by atoms with Crippen molar-refractivity contribution in [3.63, 3.8) is 0 Å². The Balaban J connectivity index is 1.36. The number of nitrogens with one attached hydrogen (secondary N) is 2. The topological polar surface area (TPSA) is 73.9 Å². The van der Waals surface area contributed by atoms with E-state index in [0.717, 1.165) is 46.7 Å². The smallest absolute Gasteiger partial charge is 0.225 e. The van der Waals surface area contributed by atoms with E-state index in [1.165, 1.54) is 31.5 Å². The number of aromatic nitrogens is 3. The first kappa shape index (κ1) is 20.5. The van der Waals surface area contributed by atoms with Crippen molar-refractivity contribution in [1.82, 2.24) is 19.9 Å². The van der Waals surface area contributed by atoms with Crippen LogP contribution in [0.5, 0.6) is 0 Å². The Morgan fingerprint density at radius 2 is 2.03 bits per heavy atom. The Hall–Kier alpha value is -2.73. The Labute approximate surface area is 178 Å². The molecule has 4 rings (SSSR count).